The molecule has 1 rings (SSSR count). The lowest BCUT2D eigenvalue weighted by Crippen LogP contribution is -2.34. The van der Waals surface area contributed by atoms with Crippen molar-refractivity contribution < 1.29 is 9.21 Å². The van der Waals surface area contributed by atoms with Gasteiger partial charge in [-0.25, -0.2) is 0 Å². The fourth-order valence-corrected chi connectivity index (χ4v) is 1.21. The molecule has 15 heavy (non-hydrogen) atoms. The zero-order chi connectivity index (χ0) is 11.3. The largest absolute Gasteiger partial charge is 0.440 e. The summed E-state index contributed by atoms with van der Waals surface area (Å²) in [5.41, 5.74) is 0. The highest BCUT2D eigenvalue weighted by atomic mass is 35.5. The smallest absolute Gasteiger partial charge is 0.287 e. The molecule has 0 aliphatic heterocycles. The first-order chi connectivity index (χ1) is 7.09. The van der Waals surface area contributed by atoms with Crippen LogP contribution in [0.5, 0.6) is 0 Å². The minimum Gasteiger partial charge on any atom is -0.440 e. The molecule has 1 aromatic rings. The first-order valence-electron chi connectivity index (χ1n) is 4.86. The van der Waals surface area contributed by atoms with Gasteiger partial charge < -0.3 is 15.1 Å². The monoisotopic (exact) mass is 230 g/mol. The molecule has 0 bridgehead atoms. The number of amides is 1. The van der Waals surface area contributed by atoms with E-state index in [1.54, 1.807) is 12.1 Å². The van der Waals surface area contributed by atoms with E-state index in [-0.39, 0.29) is 16.9 Å². The van der Waals surface area contributed by atoms with Gasteiger partial charge in [0, 0.05) is 19.1 Å². The van der Waals surface area contributed by atoms with Crippen molar-refractivity contribution >= 4 is 17.5 Å². The third-order valence-electron chi connectivity index (χ3n) is 1.76. The zero-order valence-electron chi connectivity index (χ0n) is 8.84. The minimum absolute atomic E-state index is 0.223. The van der Waals surface area contributed by atoms with E-state index in [1.807, 2.05) is 13.8 Å². The van der Waals surface area contributed by atoms with Gasteiger partial charge in [-0.05, 0) is 23.7 Å². The van der Waals surface area contributed by atoms with E-state index in [0.29, 0.717) is 12.6 Å². The molecule has 0 aromatic carbocycles. The molecule has 84 valence electrons. The minimum atomic E-state index is -0.243. The summed E-state index contributed by atoms with van der Waals surface area (Å²) in [5, 5.41) is 6.12. The molecule has 2 N–H and O–H groups in total. The average molecular weight is 231 g/mol. The number of carbonyl (C=O) groups excluding carboxylic acids is 1. The van der Waals surface area contributed by atoms with Gasteiger partial charge in [0.05, 0.1) is 0 Å². The van der Waals surface area contributed by atoms with Crippen molar-refractivity contribution in [3.63, 3.8) is 0 Å². The molecule has 4 nitrogen and oxygen atoms in total. The number of rotatable bonds is 5. The zero-order valence-corrected chi connectivity index (χ0v) is 9.60. The Morgan fingerprint density at radius 2 is 2.20 bits per heavy atom. The Balaban J connectivity index is 2.25. The van der Waals surface area contributed by atoms with Crippen LogP contribution in [0.1, 0.15) is 24.4 Å². The summed E-state index contributed by atoms with van der Waals surface area (Å²) in [7, 11) is 0. The van der Waals surface area contributed by atoms with E-state index >= 15 is 0 Å². The lowest BCUT2D eigenvalue weighted by molar-refractivity contribution is 0.0926. The second-order valence-electron chi connectivity index (χ2n) is 3.47. The molecule has 1 aromatic heterocycles. The maximum absolute atomic E-state index is 11.4. The molecule has 0 radical (unpaired) electrons. The Morgan fingerprint density at radius 3 is 2.73 bits per heavy atom. The van der Waals surface area contributed by atoms with E-state index in [9.17, 15) is 4.79 Å². The summed E-state index contributed by atoms with van der Waals surface area (Å²) in [6.07, 6.45) is 0. The van der Waals surface area contributed by atoms with Crippen LogP contribution in [0.25, 0.3) is 0 Å². The van der Waals surface area contributed by atoms with Crippen LogP contribution >= 0.6 is 11.6 Å². The van der Waals surface area contributed by atoms with Crippen molar-refractivity contribution in [3.05, 3.63) is 23.1 Å². The van der Waals surface area contributed by atoms with Crippen LogP contribution in [0.3, 0.4) is 0 Å². The first-order valence-corrected chi connectivity index (χ1v) is 5.24. The third-order valence-corrected chi connectivity index (χ3v) is 1.96. The topological polar surface area (TPSA) is 54.3 Å². The van der Waals surface area contributed by atoms with Crippen molar-refractivity contribution in [3.8, 4) is 0 Å². The molecule has 0 aliphatic rings. The van der Waals surface area contributed by atoms with Gasteiger partial charge >= 0.3 is 0 Å². The lowest BCUT2D eigenvalue weighted by atomic mass is 10.4. The predicted octanol–water partition coefficient (Wildman–Crippen LogP) is 1.66. The number of nitrogens with one attached hydrogen (secondary N) is 2. The molecular weight excluding hydrogens is 216 g/mol. The van der Waals surface area contributed by atoms with Gasteiger partial charge in [-0.3, -0.25) is 4.79 Å². The Hall–Kier alpha value is -1.00. The SMILES string of the molecule is CC(C)NCCNC(=O)c1ccc(Cl)o1. The highest BCUT2D eigenvalue weighted by Crippen LogP contribution is 2.12. The highest BCUT2D eigenvalue weighted by molar-refractivity contribution is 6.29. The Labute approximate surface area is 94.0 Å². The average Bonchev–Trinajstić information content (AvgIpc) is 2.59. The Kier molecular flexibility index (Phi) is 4.65. The summed E-state index contributed by atoms with van der Waals surface area (Å²) in [5.74, 6) is -0.00277. The van der Waals surface area contributed by atoms with Crippen LogP contribution < -0.4 is 10.6 Å². The van der Waals surface area contributed by atoms with Gasteiger partial charge in [0.1, 0.15) is 0 Å². The molecule has 1 amide bonds. The highest BCUT2D eigenvalue weighted by Gasteiger charge is 2.08. The van der Waals surface area contributed by atoms with Gasteiger partial charge in [-0.1, -0.05) is 13.8 Å². The fraction of sp³-hybridized carbons (Fsp3) is 0.500. The van der Waals surface area contributed by atoms with Crippen molar-refractivity contribution in [2.45, 2.75) is 19.9 Å². The second kappa shape index (κ2) is 5.78. The summed E-state index contributed by atoms with van der Waals surface area (Å²) < 4.78 is 4.96. The van der Waals surface area contributed by atoms with E-state index in [2.05, 4.69) is 10.6 Å². The number of hydrogen-bond acceptors (Lipinski definition) is 3. The van der Waals surface area contributed by atoms with Crippen molar-refractivity contribution in [2.24, 2.45) is 0 Å². The quantitative estimate of drug-likeness (QED) is 0.757. The molecule has 5 heteroatoms. The number of halogens is 1. The van der Waals surface area contributed by atoms with Gasteiger partial charge in [0.15, 0.2) is 11.0 Å². The molecule has 0 fully saturated rings. The molecule has 0 unspecified atom stereocenters. The fourth-order valence-electron chi connectivity index (χ4n) is 1.06. The second-order valence-corrected chi connectivity index (χ2v) is 3.84. The van der Waals surface area contributed by atoms with Gasteiger partial charge in [0.2, 0.25) is 0 Å². The standard InChI is InChI=1S/C10H15ClN2O2/c1-7(2)12-5-6-13-10(14)8-3-4-9(11)15-8/h3-4,7,12H,5-6H2,1-2H3,(H,13,14). The summed E-state index contributed by atoms with van der Waals surface area (Å²) in [4.78, 5) is 11.4. The van der Waals surface area contributed by atoms with Crippen molar-refractivity contribution in [1.82, 2.24) is 10.6 Å². The molecular formula is C10H15ClN2O2. The molecule has 0 saturated heterocycles. The van der Waals surface area contributed by atoms with Gasteiger partial charge in [0.25, 0.3) is 5.91 Å². The molecule has 0 aliphatic carbocycles. The van der Waals surface area contributed by atoms with Gasteiger partial charge in [-0.2, -0.15) is 0 Å². The summed E-state index contributed by atoms with van der Waals surface area (Å²) >= 11 is 5.55. The first kappa shape index (κ1) is 12.1. The molecule has 0 saturated carbocycles. The molecule has 0 spiro atoms. The van der Waals surface area contributed by atoms with Crippen molar-refractivity contribution in [2.75, 3.05) is 13.1 Å². The van der Waals surface area contributed by atoms with Crippen LogP contribution in [-0.2, 0) is 0 Å². The third kappa shape index (κ3) is 4.36. The van der Waals surface area contributed by atoms with E-state index in [0.717, 1.165) is 6.54 Å². The van der Waals surface area contributed by atoms with E-state index < -0.39 is 0 Å². The Morgan fingerprint density at radius 1 is 1.47 bits per heavy atom. The van der Waals surface area contributed by atoms with Crippen LogP contribution in [0.2, 0.25) is 5.22 Å². The van der Waals surface area contributed by atoms with Crippen LogP contribution in [-0.4, -0.2) is 25.0 Å². The predicted molar refractivity (Wildman–Crippen MR) is 59.2 cm³/mol. The number of hydrogen-bond donors (Lipinski definition) is 2. The number of furan rings is 1. The normalized spacial score (nSPS) is 10.7. The maximum Gasteiger partial charge on any atom is 0.287 e. The van der Waals surface area contributed by atoms with E-state index in [1.165, 1.54) is 0 Å². The Bertz CT molecular complexity index is 323. The van der Waals surface area contributed by atoms with E-state index in [4.69, 9.17) is 16.0 Å². The maximum atomic E-state index is 11.4. The summed E-state index contributed by atoms with van der Waals surface area (Å²) in [6.45, 7) is 5.40. The van der Waals surface area contributed by atoms with Crippen LogP contribution in [0, 0.1) is 0 Å². The summed E-state index contributed by atoms with van der Waals surface area (Å²) in [6, 6.07) is 3.51. The van der Waals surface area contributed by atoms with Crippen LogP contribution in [0.4, 0.5) is 0 Å². The lowest BCUT2D eigenvalue weighted by Gasteiger charge is -2.07. The molecule has 1 heterocycles. The van der Waals surface area contributed by atoms with Crippen LogP contribution in [0.15, 0.2) is 16.5 Å². The van der Waals surface area contributed by atoms with Gasteiger partial charge in [-0.15, -0.1) is 0 Å². The molecule has 0 atom stereocenters. The van der Waals surface area contributed by atoms with Crippen molar-refractivity contribution in [1.29, 1.82) is 0 Å². The number of carbonyl (C=O) groups is 1.